The van der Waals surface area contributed by atoms with Crippen molar-refractivity contribution in [2.75, 3.05) is 18.1 Å². The standard InChI is InChI=1S/C12H14N2O2S/c13-6-7-17-9-12(16)14-11(8-15)10-4-2-1-3-5-10/h1-5,11,15H,7-9H2,(H,14,16)/t11-/m1/s1. The molecule has 0 spiro atoms. The van der Waals surface area contributed by atoms with Gasteiger partial charge in [-0.05, 0) is 5.56 Å². The van der Waals surface area contributed by atoms with Crippen LogP contribution in [0.4, 0.5) is 0 Å². The van der Waals surface area contributed by atoms with Gasteiger partial charge in [0.25, 0.3) is 0 Å². The molecule has 1 atom stereocenters. The van der Waals surface area contributed by atoms with Crippen LogP contribution in [0.25, 0.3) is 0 Å². The largest absolute Gasteiger partial charge is 0.394 e. The van der Waals surface area contributed by atoms with Crippen LogP contribution < -0.4 is 5.32 Å². The molecule has 4 nitrogen and oxygen atoms in total. The van der Waals surface area contributed by atoms with Crippen LogP contribution >= 0.6 is 11.8 Å². The minimum absolute atomic E-state index is 0.140. The average Bonchev–Trinajstić information content (AvgIpc) is 2.37. The van der Waals surface area contributed by atoms with Gasteiger partial charge in [0.2, 0.25) is 5.91 Å². The molecule has 0 radical (unpaired) electrons. The highest BCUT2D eigenvalue weighted by Gasteiger charge is 2.12. The Morgan fingerprint density at radius 2 is 2.18 bits per heavy atom. The van der Waals surface area contributed by atoms with Gasteiger partial charge in [0.1, 0.15) is 0 Å². The van der Waals surface area contributed by atoms with Gasteiger partial charge >= 0.3 is 0 Å². The van der Waals surface area contributed by atoms with Crippen molar-refractivity contribution in [1.29, 1.82) is 5.26 Å². The first-order valence-corrected chi connectivity index (χ1v) is 6.33. The number of aliphatic hydroxyl groups excluding tert-OH is 1. The van der Waals surface area contributed by atoms with E-state index < -0.39 is 0 Å². The lowest BCUT2D eigenvalue weighted by Gasteiger charge is -2.16. The average molecular weight is 250 g/mol. The third-order valence-corrected chi connectivity index (χ3v) is 2.92. The van der Waals surface area contributed by atoms with Crippen molar-refractivity contribution in [1.82, 2.24) is 5.32 Å². The molecule has 0 saturated carbocycles. The number of rotatable bonds is 6. The molecule has 0 aliphatic rings. The van der Waals surface area contributed by atoms with Gasteiger partial charge in [-0.2, -0.15) is 5.26 Å². The van der Waals surface area contributed by atoms with Crippen molar-refractivity contribution in [2.45, 2.75) is 6.04 Å². The lowest BCUT2D eigenvalue weighted by atomic mass is 10.1. The molecule has 1 amide bonds. The molecule has 1 aromatic rings. The third-order valence-electron chi connectivity index (χ3n) is 2.12. The van der Waals surface area contributed by atoms with E-state index in [-0.39, 0.29) is 24.3 Å². The number of nitriles is 1. The number of hydrogen-bond acceptors (Lipinski definition) is 4. The maximum Gasteiger partial charge on any atom is 0.230 e. The molecule has 17 heavy (non-hydrogen) atoms. The Kier molecular flexibility index (Phi) is 6.15. The number of nitrogens with one attached hydrogen (secondary N) is 1. The van der Waals surface area contributed by atoms with Crippen LogP contribution in [0.3, 0.4) is 0 Å². The first-order valence-electron chi connectivity index (χ1n) is 5.17. The molecule has 0 aliphatic heterocycles. The fraction of sp³-hybridized carbons (Fsp3) is 0.333. The summed E-state index contributed by atoms with van der Waals surface area (Å²) in [4.78, 5) is 11.5. The van der Waals surface area contributed by atoms with Crippen molar-refractivity contribution in [3.63, 3.8) is 0 Å². The van der Waals surface area contributed by atoms with E-state index in [1.807, 2.05) is 36.4 Å². The Bertz CT molecular complexity index is 389. The summed E-state index contributed by atoms with van der Waals surface area (Å²) in [7, 11) is 0. The second kappa shape index (κ2) is 7.71. The van der Waals surface area contributed by atoms with Gasteiger partial charge in [-0.25, -0.2) is 0 Å². The van der Waals surface area contributed by atoms with E-state index in [1.54, 1.807) is 0 Å². The summed E-state index contributed by atoms with van der Waals surface area (Å²) in [5, 5.41) is 20.3. The second-order valence-electron chi connectivity index (χ2n) is 3.36. The predicted molar refractivity (Wildman–Crippen MR) is 67.3 cm³/mol. The van der Waals surface area contributed by atoms with Gasteiger partial charge in [-0.3, -0.25) is 4.79 Å². The summed E-state index contributed by atoms with van der Waals surface area (Å²) in [6, 6.07) is 10.9. The van der Waals surface area contributed by atoms with E-state index in [0.717, 1.165) is 5.56 Å². The van der Waals surface area contributed by atoms with Crippen LogP contribution in [0, 0.1) is 11.3 Å². The van der Waals surface area contributed by atoms with Gasteiger partial charge in [-0.1, -0.05) is 30.3 Å². The Hall–Kier alpha value is -1.51. The summed E-state index contributed by atoms with van der Waals surface area (Å²) in [5.74, 6) is 0.354. The first kappa shape index (κ1) is 13.6. The molecule has 1 rings (SSSR count). The summed E-state index contributed by atoms with van der Waals surface area (Å²) in [6.07, 6.45) is 0. The Balaban J connectivity index is 2.48. The lowest BCUT2D eigenvalue weighted by molar-refractivity contribution is -0.119. The van der Waals surface area contributed by atoms with Crippen LogP contribution in [-0.2, 0) is 4.79 Å². The first-order chi connectivity index (χ1) is 8.27. The Morgan fingerprint density at radius 1 is 1.47 bits per heavy atom. The number of amides is 1. The summed E-state index contributed by atoms with van der Waals surface area (Å²) in [6.45, 7) is -0.140. The van der Waals surface area contributed by atoms with E-state index in [9.17, 15) is 9.90 Å². The van der Waals surface area contributed by atoms with Crippen molar-refractivity contribution >= 4 is 17.7 Å². The highest BCUT2D eigenvalue weighted by atomic mass is 32.2. The highest BCUT2D eigenvalue weighted by Crippen LogP contribution is 2.11. The fourth-order valence-corrected chi connectivity index (χ4v) is 1.81. The van der Waals surface area contributed by atoms with Crippen LogP contribution in [-0.4, -0.2) is 29.1 Å². The molecule has 0 unspecified atom stereocenters. The minimum atomic E-state index is -0.383. The highest BCUT2D eigenvalue weighted by molar-refractivity contribution is 8.00. The van der Waals surface area contributed by atoms with Gasteiger partial charge in [0.05, 0.1) is 30.2 Å². The number of benzene rings is 1. The SMILES string of the molecule is N#CCSCC(=O)N[C@H](CO)c1ccccc1. The third kappa shape index (κ3) is 4.89. The topological polar surface area (TPSA) is 73.1 Å². The molecule has 1 aromatic carbocycles. The van der Waals surface area contributed by atoms with Crippen molar-refractivity contribution in [3.05, 3.63) is 35.9 Å². The number of carbonyl (C=O) groups excluding carboxylic acids is 1. The molecular formula is C12H14N2O2S. The molecule has 0 aromatic heterocycles. The van der Waals surface area contributed by atoms with Crippen LogP contribution in [0.15, 0.2) is 30.3 Å². The lowest BCUT2D eigenvalue weighted by Crippen LogP contribution is -2.32. The van der Waals surface area contributed by atoms with Crippen molar-refractivity contribution in [3.8, 4) is 6.07 Å². The number of thioether (sulfide) groups is 1. The summed E-state index contributed by atoms with van der Waals surface area (Å²) < 4.78 is 0. The number of nitrogens with zero attached hydrogens (tertiary/aromatic N) is 1. The molecule has 0 aliphatic carbocycles. The van der Waals surface area contributed by atoms with Crippen LogP contribution in [0.5, 0.6) is 0 Å². The van der Waals surface area contributed by atoms with Gasteiger partial charge in [0, 0.05) is 0 Å². The van der Waals surface area contributed by atoms with Gasteiger partial charge < -0.3 is 10.4 Å². The smallest absolute Gasteiger partial charge is 0.230 e. The summed E-state index contributed by atoms with van der Waals surface area (Å²) in [5.41, 5.74) is 0.869. The number of aliphatic hydroxyl groups is 1. The molecule has 5 heteroatoms. The minimum Gasteiger partial charge on any atom is -0.394 e. The molecule has 90 valence electrons. The number of hydrogen-bond donors (Lipinski definition) is 2. The summed E-state index contributed by atoms with van der Waals surface area (Å²) >= 11 is 1.25. The van der Waals surface area contributed by atoms with Crippen molar-refractivity contribution < 1.29 is 9.90 Å². The maximum atomic E-state index is 11.5. The quantitative estimate of drug-likeness (QED) is 0.741. The molecule has 0 heterocycles. The van der Waals surface area contributed by atoms with Crippen LogP contribution in [0.2, 0.25) is 0 Å². The molecular weight excluding hydrogens is 236 g/mol. The van der Waals surface area contributed by atoms with Gasteiger partial charge in [-0.15, -0.1) is 11.8 Å². The Labute approximate surface area is 105 Å². The zero-order valence-corrected chi connectivity index (χ0v) is 10.1. The van der Waals surface area contributed by atoms with E-state index in [1.165, 1.54) is 11.8 Å². The number of carbonyl (C=O) groups is 1. The fourth-order valence-electron chi connectivity index (χ4n) is 1.35. The monoisotopic (exact) mass is 250 g/mol. The normalized spacial score (nSPS) is 11.5. The maximum absolute atomic E-state index is 11.5. The molecule has 0 fully saturated rings. The predicted octanol–water partition coefficient (Wildman–Crippen LogP) is 1.09. The van der Waals surface area contributed by atoms with Crippen LogP contribution in [0.1, 0.15) is 11.6 Å². The van der Waals surface area contributed by atoms with E-state index in [4.69, 9.17) is 5.26 Å². The molecule has 0 bridgehead atoms. The molecule has 0 saturated heterocycles. The van der Waals surface area contributed by atoms with E-state index >= 15 is 0 Å². The van der Waals surface area contributed by atoms with E-state index in [0.29, 0.717) is 5.75 Å². The van der Waals surface area contributed by atoms with Gasteiger partial charge in [0.15, 0.2) is 0 Å². The second-order valence-corrected chi connectivity index (χ2v) is 4.35. The zero-order chi connectivity index (χ0) is 12.5. The van der Waals surface area contributed by atoms with Crippen molar-refractivity contribution in [2.24, 2.45) is 0 Å². The Morgan fingerprint density at radius 3 is 2.76 bits per heavy atom. The zero-order valence-electron chi connectivity index (χ0n) is 9.30. The van der Waals surface area contributed by atoms with E-state index in [2.05, 4.69) is 5.32 Å². The molecule has 2 N–H and O–H groups in total.